The number of rotatable bonds is 11. The first-order valence-electron chi connectivity index (χ1n) is 11.1. The highest BCUT2D eigenvalue weighted by atomic mass is 32.2. The van der Waals surface area contributed by atoms with E-state index in [-0.39, 0.29) is 16.8 Å². The molecule has 3 aromatic rings. The van der Waals surface area contributed by atoms with E-state index in [4.69, 9.17) is 4.74 Å². The Kier molecular flexibility index (Phi) is 8.67. The second kappa shape index (κ2) is 11.7. The van der Waals surface area contributed by atoms with E-state index < -0.39 is 10.0 Å². The number of ether oxygens (including phenoxy) is 1. The molecule has 8 heteroatoms. The molecule has 0 aliphatic rings. The van der Waals surface area contributed by atoms with E-state index in [1.165, 1.54) is 12.1 Å². The molecule has 0 spiro atoms. The third kappa shape index (κ3) is 7.33. The van der Waals surface area contributed by atoms with Crippen molar-refractivity contribution in [3.8, 4) is 5.75 Å². The van der Waals surface area contributed by atoms with Gasteiger partial charge in [0.25, 0.3) is 15.9 Å². The van der Waals surface area contributed by atoms with Gasteiger partial charge in [-0.1, -0.05) is 30.3 Å². The number of benzene rings is 3. The summed E-state index contributed by atoms with van der Waals surface area (Å²) in [6, 6.07) is 22.6. The Morgan fingerprint density at radius 2 is 1.59 bits per heavy atom. The van der Waals surface area contributed by atoms with Crippen molar-refractivity contribution in [3.05, 3.63) is 90.0 Å². The molecule has 2 N–H and O–H groups in total. The molecule has 0 bridgehead atoms. The molecule has 0 aliphatic carbocycles. The minimum atomic E-state index is -3.76. The maximum atomic E-state index is 12.8. The Hall–Kier alpha value is -3.36. The molecule has 3 rings (SSSR count). The summed E-state index contributed by atoms with van der Waals surface area (Å²) in [7, 11) is 0.179. The highest BCUT2D eigenvalue weighted by Crippen LogP contribution is 2.20. The van der Waals surface area contributed by atoms with Gasteiger partial charge < -0.3 is 15.0 Å². The Balaban J connectivity index is 1.65. The van der Waals surface area contributed by atoms with Crippen LogP contribution in [-0.4, -0.2) is 52.5 Å². The van der Waals surface area contributed by atoms with Crippen molar-refractivity contribution in [2.45, 2.75) is 24.3 Å². The number of hydrogen-bond donors (Lipinski definition) is 2. The van der Waals surface area contributed by atoms with Crippen molar-refractivity contribution in [1.29, 1.82) is 0 Å². The van der Waals surface area contributed by atoms with Crippen LogP contribution in [0, 0.1) is 0 Å². The van der Waals surface area contributed by atoms with E-state index in [9.17, 15) is 13.2 Å². The molecular formula is C26H31N3O4S. The first-order valence-corrected chi connectivity index (χ1v) is 12.6. The van der Waals surface area contributed by atoms with Crippen LogP contribution in [0.1, 0.15) is 22.8 Å². The lowest BCUT2D eigenvalue weighted by atomic mass is 10.0. The lowest BCUT2D eigenvalue weighted by molar-refractivity contribution is 0.0930. The first-order chi connectivity index (χ1) is 16.3. The summed E-state index contributed by atoms with van der Waals surface area (Å²) in [5.41, 5.74) is 1.98. The van der Waals surface area contributed by atoms with Crippen molar-refractivity contribution >= 4 is 21.6 Å². The maximum Gasteiger partial charge on any atom is 0.261 e. The standard InChI is InChI=1S/C26H31N3O4S/c1-4-33-24-14-16-25(17-15-24)34(31,32)28-22-12-10-21(11-13-22)26(30)27-23(19-29(2)3)18-20-8-6-5-7-9-20/h5-17,23,28H,4,18-19H2,1-3H3,(H,27,30). The van der Waals surface area contributed by atoms with Crippen LogP contribution < -0.4 is 14.8 Å². The van der Waals surface area contributed by atoms with Crippen LogP contribution in [0.25, 0.3) is 0 Å². The SMILES string of the molecule is CCOc1ccc(S(=O)(=O)Nc2ccc(C(=O)NC(Cc3ccccc3)CN(C)C)cc2)cc1. The summed E-state index contributed by atoms with van der Waals surface area (Å²) in [6.45, 7) is 3.06. The van der Waals surface area contributed by atoms with E-state index >= 15 is 0 Å². The number of hydrogen-bond acceptors (Lipinski definition) is 5. The number of sulfonamides is 1. The molecule has 0 saturated heterocycles. The van der Waals surface area contributed by atoms with Gasteiger partial charge in [-0.2, -0.15) is 0 Å². The Morgan fingerprint density at radius 1 is 0.941 bits per heavy atom. The molecule has 0 saturated carbocycles. The summed E-state index contributed by atoms with van der Waals surface area (Å²) >= 11 is 0. The van der Waals surface area contributed by atoms with E-state index in [2.05, 4.69) is 10.0 Å². The smallest absolute Gasteiger partial charge is 0.261 e. The fraction of sp³-hybridized carbons (Fsp3) is 0.269. The minimum Gasteiger partial charge on any atom is -0.494 e. The minimum absolute atomic E-state index is 0.0669. The zero-order valence-corrected chi connectivity index (χ0v) is 20.5. The van der Waals surface area contributed by atoms with Crippen LogP contribution in [0.5, 0.6) is 5.75 Å². The third-order valence-corrected chi connectivity index (χ3v) is 6.49. The maximum absolute atomic E-state index is 12.8. The summed E-state index contributed by atoms with van der Waals surface area (Å²) in [5, 5.41) is 3.09. The van der Waals surface area contributed by atoms with Crippen LogP contribution in [-0.2, 0) is 16.4 Å². The van der Waals surface area contributed by atoms with Gasteiger partial charge in [0.15, 0.2) is 0 Å². The topological polar surface area (TPSA) is 87.7 Å². The van der Waals surface area contributed by atoms with Crippen molar-refractivity contribution in [2.24, 2.45) is 0 Å². The molecule has 0 aromatic heterocycles. The lowest BCUT2D eigenvalue weighted by Crippen LogP contribution is -2.43. The van der Waals surface area contributed by atoms with Gasteiger partial charge >= 0.3 is 0 Å². The molecule has 7 nitrogen and oxygen atoms in total. The van der Waals surface area contributed by atoms with Crippen LogP contribution in [0.4, 0.5) is 5.69 Å². The van der Waals surface area contributed by atoms with Gasteiger partial charge in [-0.3, -0.25) is 9.52 Å². The Labute approximate surface area is 201 Å². The summed E-state index contributed by atoms with van der Waals surface area (Å²) in [4.78, 5) is 15.0. The first kappa shape index (κ1) is 25.3. The molecule has 1 amide bonds. The number of anilines is 1. The summed E-state index contributed by atoms with van der Waals surface area (Å²) in [5.74, 6) is 0.403. The number of amides is 1. The quantitative estimate of drug-likeness (QED) is 0.435. The third-order valence-electron chi connectivity index (χ3n) is 5.09. The number of carbonyl (C=O) groups excluding carboxylic acids is 1. The van der Waals surface area contributed by atoms with E-state index in [0.717, 1.165) is 5.56 Å². The molecule has 0 heterocycles. The highest BCUT2D eigenvalue weighted by Gasteiger charge is 2.17. The van der Waals surface area contributed by atoms with Gasteiger partial charge in [0, 0.05) is 23.8 Å². The van der Waals surface area contributed by atoms with Crippen molar-refractivity contribution < 1.29 is 17.9 Å². The predicted molar refractivity (Wildman–Crippen MR) is 135 cm³/mol. The van der Waals surface area contributed by atoms with Crippen LogP contribution in [0.3, 0.4) is 0 Å². The van der Waals surface area contributed by atoms with Gasteiger partial charge in [-0.25, -0.2) is 8.42 Å². The fourth-order valence-electron chi connectivity index (χ4n) is 3.55. The molecule has 0 radical (unpaired) electrons. The van der Waals surface area contributed by atoms with Crippen molar-refractivity contribution in [3.63, 3.8) is 0 Å². The van der Waals surface area contributed by atoms with E-state index in [1.54, 1.807) is 36.4 Å². The van der Waals surface area contributed by atoms with E-state index in [0.29, 0.717) is 36.6 Å². The summed E-state index contributed by atoms with van der Waals surface area (Å²) in [6.07, 6.45) is 0.713. The van der Waals surface area contributed by atoms with Crippen molar-refractivity contribution in [1.82, 2.24) is 10.2 Å². The number of nitrogens with one attached hydrogen (secondary N) is 2. The zero-order chi connectivity index (χ0) is 24.6. The molecule has 0 aliphatic heterocycles. The molecule has 180 valence electrons. The van der Waals surface area contributed by atoms with Crippen LogP contribution in [0.2, 0.25) is 0 Å². The highest BCUT2D eigenvalue weighted by molar-refractivity contribution is 7.92. The number of likely N-dealkylation sites (N-methyl/N-ethyl adjacent to an activating group) is 1. The van der Waals surface area contributed by atoms with Gasteiger partial charge in [-0.05, 0) is 81.5 Å². The predicted octanol–water partition coefficient (Wildman–Crippen LogP) is 3.79. The Bertz CT molecular complexity index is 1160. The monoisotopic (exact) mass is 481 g/mol. The lowest BCUT2D eigenvalue weighted by Gasteiger charge is -2.22. The van der Waals surface area contributed by atoms with Gasteiger partial charge in [0.1, 0.15) is 5.75 Å². The molecular weight excluding hydrogens is 450 g/mol. The summed E-state index contributed by atoms with van der Waals surface area (Å²) < 4.78 is 33.2. The average molecular weight is 482 g/mol. The number of carbonyl (C=O) groups is 1. The largest absolute Gasteiger partial charge is 0.494 e. The normalized spacial score (nSPS) is 12.2. The molecule has 34 heavy (non-hydrogen) atoms. The average Bonchev–Trinajstić information content (AvgIpc) is 2.80. The van der Waals surface area contributed by atoms with Crippen LogP contribution in [0.15, 0.2) is 83.8 Å². The fourth-order valence-corrected chi connectivity index (χ4v) is 4.61. The molecule has 1 atom stereocenters. The van der Waals surface area contributed by atoms with Crippen molar-refractivity contribution in [2.75, 3.05) is 32.0 Å². The zero-order valence-electron chi connectivity index (χ0n) is 19.7. The van der Waals surface area contributed by atoms with Gasteiger partial charge in [0.2, 0.25) is 0 Å². The molecule has 3 aromatic carbocycles. The molecule has 1 unspecified atom stereocenters. The van der Waals surface area contributed by atoms with Crippen LogP contribution >= 0.6 is 0 Å². The van der Waals surface area contributed by atoms with Gasteiger partial charge in [-0.15, -0.1) is 0 Å². The van der Waals surface area contributed by atoms with E-state index in [1.807, 2.05) is 56.3 Å². The second-order valence-corrected chi connectivity index (χ2v) is 9.89. The second-order valence-electron chi connectivity index (χ2n) is 8.21. The Morgan fingerprint density at radius 3 is 2.18 bits per heavy atom. The number of nitrogens with zero attached hydrogens (tertiary/aromatic N) is 1. The molecule has 0 fully saturated rings. The van der Waals surface area contributed by atoms with Gasteiger partial charge in [0.05, 0.1) is 11.5 Å².